The molecule has 0 heterocycles. The van der Waals surface area contributed by atoms with E-state index in [4.69, 9.17) is 0 Å². The van der Waals surface area contributed by atoms with Crippen molar-refractivity contribution in [3.8, 4) is 0 Å². The van der Waals surface area contributed by atoms with E-state index in [0.717, 1.165) is 32.0 Å². The third-order valence-corrected chi connectivity index (χ3v) is 3.85. The van der Waals surface area contributed by atoms with Crippen LogP contribution >= 0.6 is 0 Å². The van der Waals surface area contributed by atoms with E-state index in [-0.39, 0.29) is 11.8 Å². The quantitative estimate of drug-likeness (QED) is 0.305. The van der Waals surface area contributed by atoms with Gasteiger partial charge in [-0.3, -0.25) is 9.79 Å². The average Bonchev–Trinajstić information content (AvgIpc) is 2.53. The highest BCUT2D eigenvalue weighted by Gasteiger charge is 2.07. The molecule has 0 aromatic heterocycles. The minimum Gasteiger partial charge on any atom is -0.355 e. The lowest BCUT2D eigenvalue weighted by Crippen LogP contribution is -2.45. The van der Waals surface area contributed by atoms with E-state index in [1.165, 1.54) is 6.42 Å². The van der Waals surface area contributed by atoms with Gasteiger partial charge in [-0.1, -0.05) is 27.7 Å². The van der Waals surface area contributed by atoms with E-state index in [9.17, 15) is 4.79 Å². The van der Waals surface area contributed by atoms with Crippen molar-refractivity contribution in [1.82, 2.24) is 20.9 Å². The topological polar surface area (TPSA) is 68.8 Å². The van der Waals surface area contributed by atoms with E-state index in [2.05, 4.69) is 46.6 Å². The van der Waals surface area contributed by atoms with Crippen LogP contribution in [0.1, 0.15) is 47.5 Å². The molecule has 0 bridgehead atoms. The zero-order valence-electron chi connectivity index (χ0n) is 15.9. The van der Waals surface area contributed by atoms with Crippen LogP contribution in [0.2, 0.25) is 0 Å². The van der Waals surface area contributed by atoms with Crippen molar-refractivity contribution in [3.63, 3.8) is 0 Å². The Hall–Kier alpha value is -1.30. The number of hydrogen-bond acceptors (Lipinski definition) is 3. The molecule has 0 saturated heterocycles. The standard InChI is InChI=1S/C17H37N5O/c1-7-22(8-2)13-9-10-15(5)21-17(18-6)20-12-11-19-16(23)14(3)4/h14-15H,7-13H2,1-6H3,(H,19,23)(H2,18,20,21). The zero-order valence-corrected chi connectivity index (χ0v) is 15.9. The third kappa shape index (κ3) is 11.0. The first-order chi connectivity index (χ1) is 10.9. The number of carbonyl (C=O) groups is 1. The molecular weight excluding hydrogens is 290 g/mol. The second-order valence-electron chi connectivity index (χ2n) is 6.16. The van der Waals surface area contributed by atoms with Crippen molar-refractivity contribution >= 4 is 11.9 Å². The highest BCUT2D eigenvalue weighted by Crippen LogP contribution is 1.99. The number of guanidine groups is 1. The molecule has 0 aliphatic carbocycles. The fraction of sp³-hybridized carbons (Fsp3) is 0.882. The average molecular weight is 328 g/mol. The van der Waals surface area contributed by atoms with Crippen molar-refractivity contribution in [2.45, 2.75) is 53.5 Å². The highest BCUT2D eigenvalue weighted by molar-refractivity contribution is 5.80. The van der Waals surface area contributed by atoms with Gasteiger partial charge in [0.2, 0.25) is 5.91 Å². The van der Waals surface area contributed by atoms with Crippen molar-refractivity contribution in [3.05, 3.63) is 0 Å². The summed E-state index contributed by atoms with van der Waals surface area (Å²) in [7, 11) is 1.77. The van der Waals surface area contributed by atoms with Crippen molar-refractivity contribution in [2.75, 3.05) is 39.8 Å². The Balaban J connectivity index is 3.89. The smallest absolute Gasteiger partial charge is 0.222 e. The van der Waals surface area contributed by atoms with E-state index < -0.39 is 0 Å². The maximum Gasteiger partial charge on any atom is 0.222 e. The normalized spacial score (nSPS) is 13.3. The molecule has 1 amide bonds. The van der Waals surface area contributed by atoms with Gasteiger partial charge >= 0.3 is 0 Å². The van der Waals surface area contributed by atoms with Crippen LogP contribution in [0, 0.1) is 5.92 Å². The molecule has 1 atom stereocenters. The lowest BCUT2D eigenvalue weighted by Gasteiger charge is -2.21. The molecule has 0 radical (unpaired) electrons. The number of nitrogens with one attached hydrogen (secondary N) is 3. The minimum atomic E-state index is 0.0262. The predicted molar refractivity (Wildman–Crippen MR) is 98.8 cm³/mol. The lowest BCUT2D eigenvalue weighted by molar-refractivity contribution is -0.123. The van der Waals surface area contributed by atoms with Crippen LogP contribution in [0.25, 0.3) is 0 Å². The summed E-state index contributed by atoms with van der Waals surface area (Å²) in [4.78, 5) is 18.1. The second-order valence-corrected chi connectivity index (χ2v) is 6.16. The lowest BCUT2D eigenvalue weighted by atomic mass is 10.2. The van der Waals surface area contributed by atoms with Crippen molar-refractivity contribution < 1.29 is 4.79 Å². The summed E-state index contributed by atoms with van der Waals surface area (Å²) in [6.07, 6.45) is 2.29. The predicted octanol–water partition coefficient (Wildman–Crippen LogP) is 1.43. The van der Waals surface area contributed by atoms with Crippen molar-refractivity contribution in [2.24, 2.45) is 10.9 Å². The van der Waals surface area contributed by atoms with Crippen LogP contribution in [-0.2, 0) is 4.79 Å². The van der Waals surface area contributed by atoms with Gasteiger partial charge in [0.1, 0.15) is 0 Å². The Kier molecular flexibility index (Phi) is 12.4. The van der Waals surface area contributed by atoms with Gasteiger partial charge in [0.05, 0.1) is 0 Å². The summed E-state index contributed by atoms with van der Waals surface area (Å²) < 4.78 is 0. The van der Waals surface area contributed by atoms with Gasteiger partial charge in [0.25, 0.3) is 0 Å². The van der Waals surface area contributed by atoms with Crippen LogP contribution in [0.5, 0.6) is 0 Å². The number of rotatable bonds is 11. The summed E-state index contributed by atoms with van der Waals surface area (Å²) in [5.41, 5.74) is 0. The first kappa shape index (κ1) is 21.7. The van der Waals surface area contributed by atoms with E-state index in [1.807, 2.05) is 13.8 Å². The van der Waals surface area contributed by atoms with Gasteiger partial charge < -0.3 is 20.9 Å². The van der Waals surface area contributed by atoms with Gasteiger partial charge in [-0.15, -0.1) is 0 Å². The van der Waals surface area contributed by atoms with Crippen molar-refractivity contribution in [1.29, 1.82) is 0 Å². The largest absolute Gasteiger partial charge is 0.355 e. The summed E-state index contributed by atoms with van der Waals surface area (Å²) in [5, 5.41) is 9.51. The Labute approximate surface area is 142 Å². The minimum absolute atomic E-state index is 0.0262. The molecule has 3 N–H and O–H groups in total. The summed E-state index contributed by atoms with van der Waals surface area (Å²) in [6, 6.07) is 0.377. The first-order valence-corrected chi connectivity index (χ1v) is 8.91. The third-order valence-electron chi connectivity index (χ3n) is 3.85. The molecule has 0 rings (SSSR count). The maximum atomic E-state index is 11.5. The Morgan fingerprint density at radius 1 is 1.09 bits per heavy atom. The molecule has 0 fully saturated rings. The van der Waals surface area contributed by atoms with Crippen LogP contribution < -0.4 is 16.0 Å². The molecule has 0 spiro atoms. The molecule has 6 heteroatoms. The molecule has 0 aliphatic rings. The summed E-state index contributed by atoms with van der Waals surface area (Å²) >= 11 is 0. The Bertz CT molecular complexity index is 340. The summed E-state index contributed by atoms with van der Waals surface area (Å²) in [5.74, 6) is 0.900. The van der Waals surface area contributed by atoms with Crippen LogP contribution in [-0.4, -0.2) is 62.6 Å². The van der Waals surface area contributed by atoms with Gasteiger partial charge in [0.15, 0.2) is 5.96 Å². The molecule has 0 saturated carbocycles. The molecule has 0 aromatic rings. The van der Waals surface area contributed by atoms with Crippen LogP contribution in [0.15, 0.2) is 4.99 Å². The van der Waals surface area contributed by atoms with Gasteiger partial charge in [-0.25, -0.2) is 0 Å². The first-order valence-electron chi connectivity index (χ1n) is 8.91. The van der Waals surface area contributed by atoms with Crippen LogP contribution in [0.3, 0.4) is 0 Å². The molecule has 0 aliphatic heterocycles. The summed E-state index contributed by atoms with van der Waals surface area (Å²) in [6.45, 7) is 15.0. The van der Waals surface area contributed by atoms with Gasteiger partial charge in [-0.05, 0) is 39.4 Å². The SMILES string of the molecule is CCN(CC)CCCC(C)NC(=NC)NCCNC(=O)C(C)C. The number of carbonyl (C=O) groups excluding carboxylic acids is 1. The monoisotopic (exact) mass is 327 g/mol. The van der Waals surface area contributed by atoms with Gasteiger partial charge in [0, 0.05) is 32.1 Å². The Morgan fingerprint density at radius 3 is 2.22 bits per heavy atom. The Morgan fingerprint density at radius 2 is 1.70 bits per heavy atom. The maximum absolute atomic E-state index is 11.5. The molecular formula is C17H37N5O. The van der Waals surface area contributed by atoms with E-state index >= 15 is 0 Å². The number of amides is 1. The zero-order chi connectivity index (χ0) is 17.7. The number of nitrogens with zero attached hydrogens (tertiary/aromatic N) is 2. The number of hydrogen-bond donors (Lipinski definition) is 3. The number of aliphatic imine (C=N–C) groups is 1. The highest BCUT2D eigenvalue weighted by atomic mass is 16.1. The molecule has 6 nitrogen and oxygen atoms in total. The fourth-order valence-electron chi connectivity index (χ4n) is 2.23. The molecule has 23 heavy (non-hydrogen) atoms. The molecule has 0 aromatic carbocycles. The van der Waals surface area contributed by atoms with E-state index in [1.54, 1.807) is 7.05 Å². The molecule has 136 valence electrons. The molecule has 1 unspecified atom stereocenters. The second kappa shape index (κ2) is 13.2. The van der Waals surface area contributed by atoms with E-state index in [0.29, 0.717) is 19.1 Å². The van der Waals surface area contributed by atoms with Gasteiger partial charge in [-0.2, -0.15) is 0 Å². The fourth-order valence-corrected chi connectivity index (χ4v) is 2.23. The van der Waals surface area contributed by atoms with Crippen LogP contribution in [0.4, 0.5) is 0 Å².